The Morgan fingerprint density at radius 2 is 2.18 bits per heavy atom. The molecule has 0 aliphatic carbocycles. The molecule has 3 aromatic rings. The van der Waals surface area contributed by atoms with Gasteiger partial charge < -0.3 is 4.57 Å². The molecule has 1 saturated heterocycles. The third-order valence-electron chi connectivity index (χ3n) is 5.44. The first-order valence-corrected chi connectivity index (χ1v) is 12.2. The van der Waals surface area contributed by atoms with Crippen molar-refractivity contribution in [2.45, 2.75) is 56.6 Å². The van der Waals surface area contributed by atoms with Gasteiger partial charge in [-0.25, -0.2) is 18.5 Å². The monoisotopic (exact) mass is 418 g/mol. The lowest BCUT2D eigenvalue weighted by atomic mass is 10.2. The summed E-state index contributed by atoms with van der Waals surface area (Å²) >= 11 is 1.81. The molecule has 2 N–H and O–H groups in total. The van der Waals surface area contributed by atoms with Crippen LogP contribution >= 0.6 is 11.3 Å². The third kappa shape index (κ3) is 3.87. The number of aryl methyl sites for hydroxylation is 1. The summed E-state index contributed by atoms with van der Waals surface area (Å²) in [4.78, 5) is 8.84. The minimum atomic E-state index is -3.73. The second-order valence-electron chi connectivity index (χ2n) is 7.37. The lowest BCUT2D eigenvalue weighted by Crippen LogP contribution is -2.24. The molecule has 0 radical (unpaired) electrons. The van der Waals surface area contributed by atoms with Gasteiger partial charge in [-0.15, -0.1) is 11.3 Å². The molecule has 0 unspecified atom stereocenters. The average molecular weight is 419 g/mol. The number of fused-ring (bicyclic) bond motifs is 1. The molecule has 6 nitrogen and oxygen atoms in total. The number of aromatic nitrogens is 2. The molecule has 4 rings (SSSR count). The molecule has 0 spiro atoms. The number of unbranched alkanes of at least 4 members (excludes halogenated alkanes) is 1. The zero-order chi connectivity index (χ0) is 19.7. The number of benzene rings is 1. The van der Waals surface area contributed by atoms with Gasteiger partial charge in [0, 0.05) is 17.5 Å². The Kier molecular flexibility index (Phi) is 5.55. The van der Waals surface area contributed by atoms with Gasteiger partial charge in [0.25, 0.3) is 0 Å². The van der Waals surface area contributed by atoms with Gasteiger partial charge in [0.15, 0.2) is 0 Å². The minimum absolute atomic E-state index is 0.115. The highest BCUT2D eigenvalue weighted by Crippen LogP contribution is 2.35. The fraction of sp³-hybridized carbons (Fsp3) is 0.450. The van der Waals surface area contributed by atoms with E-state index in [0.717, 1.165) is 43.8 Å². The molecule has 0 bridgehead atoms. The van der Waals surface area contributed by atoms with Gasteiger partial charge in [0.05, 0.1) is 22.5 Å². The van der Waals surface area contributed by atoms with Crippen LogP contribution in [0.2, 0.25) is 0 Å². The van der Waals surface area contributed by atoms with Crippen LogP contribution in [-0.4, -0.2) is 29.4 Å². The lowest BCUT2D eigenvalue weighted by molar-refractivity contribution is 0.242. The number of likely N-dealkylation sites (tertiary alicyclic amines) is 1. The first kappa shape index (κ1) is 19.6. The van der Waals surface area contributed by atoms with E-state index >= 15 is 0 Å². The van der Waals surface area contributed by atoms with Gasteiger partial charge in [0.1, 0.15) is 5.82 Å². The van der Waals surface area contributed by atoms with Crippen LogP contribution in [0.1, 0.15) is 49.4 Å². The molecule has 2 aromatic heterocycles. The van der Waals surface area contributed by atoms with Crippen molar-refractivity contribution in [1.29, 1.82) is 0 Å². The molecular weight excluding hydrogens is 392 g/mol. The quantitative estimate of drug-likeness (QED) is 0.631. The summed E-state index contributed by atoms with van der Waals surface area (Å²) in [6.45, 7) is 4.88. The molecule has 8 heteroatoms. The van der Waals surface area contributed by atoms with E-state index in [9.17, 15) is 8.42 Å². The summed E-state index contributed by atoms with van der Waals surface area (Å²) < 4.78 is 25.7. The summed E-state index contributed by atoms with van der Waals surface area (Å²) in [5.74, 6) is 0.999. The summed E-state index contributed by atoms with van der Waals surface area (Å²) in [5, 5.41) is 7.44. The molecule has 0 amide bonds. The Balaban J connectivity index is 1.70. The second-order valence-corrected chi connectivity index (χ2v) is 9.91. The Morgan fingerprint density at radius 3 is 2.89 bits per heavy atom. The maximum atomic E-state index is 11.7. The average Bonchev–Trinajstić information content (AvgIpc) is 3.38. The van der Waals surface area contributed by atoms with Crippen molar-refractivity contribution in [2.24, 2.45) is 5.14 Å². The number of hydrogen-bond donors (Lipinski definition) is 1. The molecule has 1 aliphatic heterocycles. The van der Waals surface area contributed by atoms with Gasteiger partial charge in [-0.3, -0.25) is 4.90 Å². The van der Waals surface area contributed by atoms with Crippen LogP contribution < -0.4 is 5.14 Å². The Morgan fingerprint density at radius 1 is 1.32 bits per heavy atom. The smallest absolute Gasteiger partial charge is 0.238 e. The summed E-state index contributed by atoms with van der Waals surface area (Å²) in [6.07, 6.45) is 4.51. The van der Waals surface area contributed by atoms with Crippen molar-refractivity contribution in [2.75, 3.05) is 6.54 Å². The third-order valence-corrected chi connectivity index (χ3v) is 7.33. The normalized spacial score (nSPS) is 18.3. The van der Waals surface area contributed by atoms with Crippen LogP contribution in [0, 0.1) is 0 Å². The highest BCUT2D eigenvalue weighted by atomic mass is 32.2. The van der Waals surface area contributed by atoms with Crippen LogP contribution in [0.15, 0.2) is 40.6 Å². The van der Waals surface area contributed by atoms with Gasteiger partial charge >= 0.3 is 0 Å². The first-order chi connectivity index (χ1) is 13.5. The van der Waals surface area contributed by atoms with Crippen molar-refractivity contribution >= 4 is 32.4 Å². The van der Waals surface area contributed by atoms with Crippen molar-refractivity contribution in [3.63, 3.8) is 0 Å². The first-order valence-electron chi connectivity index (χ1n) is 9.77. The number of primary sulfonamides is 1. The number of thiophene rings is 1. The van der Waals surface area contributed by atoms with Crippen molar-refractivity contribution in [3.8, 4) is 0 Å². The zero-order valence-corrected chi connectivity index (χ0v) is 17.7. The van der Waals surface area contributed by atoms with E-state index in [2.05, 4.69) is 33.9 Å². The van der Waals surface area contributed by atoms with E-state index in [4.69, 9.17) is 10.1 Å². The van der Waals surface area contributed by atoms with E-state index in [1.54, 1.807) is 12.1 Å². The number of nitrogens with zero attached hydrogens (tertiary/aromatic N) is 3. The summed E-state index contributed by atoms with van der Waals surface area (Å²) in [7, 11) is -3.73. The zero-order valence-electron chi connectivity index (χ0n) is 16.0. The predicted octanol–water partition coefficient (Wildman–Crippen LogP) is 3.88. The Hall–Kier alpha value is -1.74. The largest absolute Gasteiger partial charge is 0.327 e. The number of nitrogens with two attached hydrogens (primary N) is 1. The lowest BCUT2D eigenvalue weighted by Gasteiger charge is -2.23. The standard InChI is InChI=1S/C20H26N4O2S2/c1-2-3-11-24-17-9-8-15(28(21,25)26)13-16(17)22-20(24)14-23-10-4-6-18(23)19-7-5-12-27-19/h5,7-9,12-13,18H,2-4,6,10-11,14H2,1H3,(H2,21,25,26)/t18-/m0/s1. The van der Waals surface area contributed by atoms with Crippen LogP contribution in [0.3, 0.4) is 0 Å². The van der Waals surface area contributed by atoms with Gasteiger partial charge in [0.2, 0.25) is 10.0 Å². The number of sulfonamides is 1. The molecule has 150 valence electrons. The maximum Gasteiger partial charge on any atom is 0.238 e. The maximum absolute atomic E-state index is 11.7. The van der Waals surface area contributed by atoms with Gasteiger partial charge in [-0.1, -0.05) is 19.4 Å². The second kappa shape index (κ2) is 7.94. The summed E-state index contributed by atoms with van der Waals surface area (Å²) in [6, 6.07) is 9.78. The number of rotatable bonds is 7. The predicted molar refractivity (Wildman–Crippen MR) is 113 cm³/mol. The fourth-order valence-electron chi connectivity index (χ4n) is 4.02. The van der Waals surface area contributed by atoms with E-state index in [1.807, 2.05) is 17.4 Å². The van der Waals surface area contributed by atoms with Crippen molar-refractivity contribution in [3.05, 3.63) is 46.4 Å². The fourth-order valence-corrected chi connectivity index (χ4v) is 5.45. The molecular formula is C20H26N4O2S2. The Labute approximate surface area is 170 Å². The van der Waals surface area contributed by atoms with Crippen LogP contribution in [0.4, 0.5) is 0 Å². The Bertz CT molecular complexity index is 1060. The molecule has 1 aliphatic rings. The molecule has 1 aromatic carbocycles. The number of hydrogen-bond acceptors (Lipinski definition) is 5. The van der Waals surface area contributed by atoms with Gasteiger partial charge in [-0.05, 0) is 55.5 Å². The molecule has 1 fully saturated rings. The minimum Gasteiger partial charge on any atom is -0.327 e. The van der Waals surface area contributed by atoms with Crippen LogP contribution in [0.5, 0.6) is 0 Å². The van der Waals surface area contributed by atoms with Crippen molar-refractivity contribution < 1.29 is 8.42 Å². The summed E-state index contributed by atoms with van der Waals surface area (Å²) in [5.41, 5.74) is 1.67. The molecule has 0 saturated carbocycles. The van der Waals surface area contributed by atoms with Gasteiger partial charge in [-0.2, -0.15) is 0 Å². The van der Waals surface area contributed by atoms with E-state index in [1.165, 1.54) is 17.7 Å². The van der Waals surface area contributed by atoms with Crippen LogP contribution in [-0.2, 0) is 23.1 Å². The topological polar surface area (TPSA) is 81.2 Å². The SMILES string of the molecule is CCCCn1c(CN2CCC[C@H]2c2cccs2)nc2cc(S(N)(=O)=O)ccc21. The van der Waals surface area contributed by atoms with Crippen molar-refractivity contribution in [1.82, 2.24) is 14.5 Å². The van der Waals surface area contributed by atoms with E-state index < -0.39 is 10.0 Å². The highest BCUT2D eigenvalue weighted by molar-refractivity contribution is 7.89. The van der Waals surface area contributed by atoms with Crippen LogP contribution in [0.25, 0.3) is 11.0 Å². The van der Waals surface area contributed by atoms with E-state index in [0.29, 0.717) is 11.6 Å². The number of imidazole rings is 1. The molecule has 3 heterocycles. The van der Waals surface area contributed by atoms with E-state index in [-0.39, 0.29) is 4.90 Å². The highest BCUT2D eigenvalue weighted by Gasteiger charge is 2.28. The molecule has 1 atom stereocenters. The molecule has 28 heavy (non-hydrogen) atoms.